The van der Waals surface area contributed by atoms with Crippen molar-refractivity contribution in [1.82, 2.24) is 19.7 Å². The highest BCUT2D eigenvalue weighted by molar-refractivity contribution is 5.93. The molecular weight excluding hydrogens is 378 g/mol. The van der Waals surface area contributed by atoms with E-state index in [0.29, 0.717) is 36.8 Å². The number of quaternary nitrogens is 1. The number of fused-ring (bicyclic) bond motifs is 4. The highest BCUT2D eigenvalue weighted by Gasteiger charge is 2.37. The molecular formula is C19H19N5O5. The SMILES string of the molecule is O=C(c1cc(-c2ccco2)[nH]n1)N1CC2CC(C1)c1ccc([NH+]([O-])O)c(=O)n1C2. The molecule has 0 spiro atoms. The number of carbonyl (C=O) groups excluding carboxylic acids is 1. The molecule has 0 radical (unpaired) electrons. The van der Waals surface area contributed by atoms with Crippen molar-refractivity contribution < 1.29 is 19.6 Å². The Morgan fingerprint density at radius 3 is 2.93 bits per heavy atom. The number of hydrogen-bond acceptors (Lipinski definition) is 6. The molecule has 10 heteroatoms. The number of aromatic nitrogens is 3. The summed E-state index contributed by atoms with van der Waals surface area (Å²) in [4.78, 5) is 27.3. The second-order valence-electron chi connectivity index (χ2n) is 7.55. The van der Waals surface area contributed by atoms with E-state index in [4.69, 9.17) is 4.42 Å². The van der Waals surface area contributed by atoms with Crippen LogP contribution in [-0.2, 0) is 6.54 Å². The van der Waals surface area contributed by atoms with Crippen molar-refractivity contribution in [2.75, 3.05) is 13.1 Å². The van der Waals surface area contributed by atoms with Crippen molar-refractivity contribution in [2.45, 2.75) is 18.9 Å². The van der Waals surface area contributed by atoms with Crippen LogP contribution in [0.1, 0.15) is 28.5 Å². The van der Waals surface area contributed by atoms with E-state index in [1.165, 1.54) is 6.07 Å². The summed E-state index contributed by atoms with van der Waals surface area (Å²) in [5, 5.41) is 26.2. The molecule has 150 valence electrons. The lowest BCUT2D eigenvalue weighted by molar-refractivity contribution is -0.992. The standard InChI is InChI=1S/C19H19N5O5/c25-18(14-7-13(20-21-14)17-2-1-5-29-17)22-8-11-6-12(10-22)15-3-4-16(24(27)28)19(26)23(15)9-11/h1-5,7,11-12,24,27H,6,8-10H2,(H,20,21). The van der Waals surface area contributed by atoms with Crippen LogP contribution in [0.2, 0.25) is 0 Å². The molecule has 3 aromatic rings. The molecule has 5 heterocycles. The number of rotatable bonds is 3. The van der Waals surface area contributed by atoms with Crippen molar-refractivity contribution in [3.8, 4) is 11.5 Å². The molecule has 2 aliphatic rings. The maximum Gasteiger partial charge on any atom is 0.315 e. The van der Waals surface area contributed by atoms with Gasteiger partial charge in [-0.25, -0.2) is 5.21 Å². The van der Waals surface area contributed by atoms with Gasteiger partial charge in [0.25, 0.3) is 5.91 Å². The number of nitrogens with one attached hydrogen (secondary N) is 2. The van der Waals surface area contributed by atoms with E-state index in [2.05, 4.69) is 10.2 Å². The quantitative estimate of drug-likeness (QED) is 0.551. The number of amides is 1. The van der Waals surface area contributed by atoms with Crippen molar-refractivity contribution in [2.24, 2.45) is 5.92 Å². The van der Waals surface area contributed by atoms with Gasteiger partial charge in [0.05, 0.1) is 6.26 Å². The zero-order valence-electron chi connectivity index (χ0n) is 15.4. The molecule has 29 heavy (non-hydrogen) atoms. The van der Waals surface area contributed by atoms with E-state index >= 15 is 0 Å². The molecule has 3 unspecified atom stereocenters. The molecule has 3 atom stereocenters. The van der Waals surface area contributed by atoms with Crippen molar-refractivity contribution in [3.63, 3.8) is 0 Å². The fourth-order valence-electron chi connectivity index (χ4n) is 4.43. The Hall–Kier alpha value is -3.21. The Kier molecular flexibility index (Phi) is 4.12. The summed E-state index contributed by atoms with van der Waals surface area (Å²) in [6, 6.07) is 8.28. The van der Waals surface area contributed by atoms with Crippen LogP contribution in [0.4, 0.5) is 5.69 Å². The van der Waals surface area contributed by atoms with Gasteiger partial charge in [-0.3, -0.25) is 14.7 Å². The van der Waals surface area contributed by atoms with Crippen molar-refractivity contribution in [1.29, 1.82) is 0 Å². The summed E-state index contributed by atoms with van der Waals surface area (Å²) >= 11 is 0. The number of pyridine rings is 1. The van der Waals surface area contributed by atoms with Gasteiger partial charge in [-0.15, -0.1) is 0 Å². The Labute approximate surface area is 164 Å². The van der Waals surface area contributed by atoms with E-state index < -0.39 is 10.8 Å². The summed E-state index contributed by atoms with van der Waals surface area (Å²) < 4.78 is 6.89. The molecule has 5 rings (SSSR count). The summed E-state index contributed by atoms with van der Waals surface area (Å²) in [6.07, 6.45) is 2.42. The van der Waals surface area contributed by atoms with Crippen molar-refractivity contribution in [3.05, 3.63) is 63.5 Å². The normalized spacial score (nSPS) is 21.7. The molecule has 3 aromatic heterocycles. The van der Waals surface area contributed by atoms with Gasteiger partial charge in [-0.1, -0.05) is 0 Å². The first-order valence-corrected chi connectivity index (χ1v) is 9.37. The Morgan fingerprint density at radius 1 is 1.31 bits per heavy atom. The zero-order chi connectivity index (χ0) is 20.1. The Bertz CT molecular complexity index is 1120. The van der Waals surface area contributed by atoms with E-state index in [0.717, 1.165) is 12.1 Å². The van der Waals surface area contributed by atoms with Crippen LogP contribution < -0.4 is 10.8 Å². The van der Waals surface area contributed by atoms with E-state index in [1.54, 1.807) is 40.0 Å². The maximum atomic E-state index is 13.0. The third kappa shape index (κ3) is 2.97. The van der Waals surface area contributed by atoms with Gasteiger partial charge in [0.1, 0.15) is 5.69 Å². The molecule has 1 fully saturated rings. The van der Waals surface area contributed by atoms with Crippen molar-refractivity contribution >= 4 is 11.6 Å². The molecule has 1 saturated heterocycles. The van der Waals surface area contributed by atoms with Crippen LogP contribution in [0, 0.1) is 11.1 Å². The second kappa shape index (κ2) is 6.69. The van der Waals surface area contributed by atoms with Gasteiger partial charge in [-0.05, 0) is 30.5 Å². The number of furan rings is 1. The minimum atomic E-state index is -1.22. The van der Waals surface area contributed by atoms with Gasteiger partial charge in [0.15, 0.2) is 11.5 Å². The molecule has 0 aromatic carbocycles. The van der Waals surface area contributed by atoms with Crippen LogP contribution in [0.3, 0.4) is 0 Å². The number of H-pyrrole nitrogens is 1. The van der Waals surface area contributed by atoms with Gasteiger partial charge < -0.3 is 19.1 Å². The lowest BCUT2D eigenvalue weighted by Gasteiger charge is -2.42. The summed E-state index contributed by atoms with van der Waals surface area (Å²) in [6.45, 7) is 1.37. The van der Waals surface area contributed by atoms with Crippen LogP contribution in [-0.4, -0.2) is 43.9 Å². The van der Waals surface area contributed by atoms with E-state index in [-0.39, 0.29) is 23.4 Å². The van der Waals surface area contributed by atoms with Gasteiger partial charge in [-0.2, -0.15) is 10.3 Å². The largest absolute Gasteiger partial charge is 0.595 e. The van der Waals surface area contributed by atoms with Gasteiger partial charge in [0, 0.05) is 43.4 Å². The van der Waals surface area contributed by atoms with Crippen LogP contribution >= 0.6 is 0 Å². The highest BCUT2D eigenvalue weighted by atomic mass is 16.8. The predicted molar refractivity (Wildman–Crippen MR) is 99.5 cm³/mol. The number of hydrogen-bond donors (Lipinski definition) is 3. The minimum absolute atomic E-state index is 0.00881. The Balaban J connectivity index is 1.40. The molecule has 1 amide bonds. The third-order valence-electron chi connectivity index (χ3n) is 5.71. The van der Waals surface area contributed by atoms with Crippen LogP contribution in [0.25, 0.3) is 11.5 Å². The molecule has 10 nitrogen and oxygen atoms in total. The molecule has 0 saturated carbocycles. The maximum absolute atomic E-state index is 13.0. The zero-order valence-corrected chi connectivity index (χ0v) is 15.4. The summed E-state index contributed by atoms with van der Waals surface area (Å²) in [5.41, 5.74) is 1.04. The smallest absolute Gasteiger partial charge is 0.315 e. The molecule has 3 N–H and O–H groups in total. The van der Waals surface area contributed by atoms with E-state index in [1.807, 2.05) is 0 Å². The third-order valence-corrected chi connectivity index (χ3v) is 5.71. The first-order valence-electron chi connectivity index (χ1n) is 9.37. The molecule has 2 aliphatic heterocycles. The van der Waals surface area contributed by atoms with Gasteiger partial charge >= 0.3 is 5.56 Å². The lowest BCUT2D eigenvalue weighted by Crippen LogP contribution is -3.00. The topological polar surface area (TPSA) is 132 Å². The minimum Gasteiger partial charge on any atom is -0.595 e. The first kappa shape index (κ1) is 17.9. The summed E-state index contributed by atoms with van der Waals surface area (Å²) in [5.74, 6) is 0.516. The van der Waals surface area contributed by atoms with Crippen LogP contribution in [0.5, 0.6) is 0 Å². The molecule has 0 aliphatic carbocycles. The number of nitrogens with zero attached hydrogens (tertiary/aromatic N) is 3. The second-order valence-corrected chi connectivity index (χ2v) is 7.55. The lowest BCUT2D eigenvalue weighted by atomic mass is 9.83. The highest BCUT2D eigenvalue weighted by Crippen LogP contribution is 2.35. The van der Waals surface area contributed by atoms with Crippen LogP contribution in [0.15, 0.2) is 45.8 Å². The fraction of sp³-hybridized carbons (Fsp3) is 0.316. The monoisotopic (exact) mass is 397 g/mol. The summed E-state index contributed by atoms with van der Waals surface area (Å²) in [7, 11) is 0. The predicted octanol–water partition coefficient (Wildman–Crippen LogP) is 0.494. The average molecular weight is 397 g/mol. The number of likely N-dealkylation sites (tertiary alicyclic amines) is 1. The number of aromatic amines is 1. The molecule has 2 bridgehead atoms. The number of piperidine rings is 1. The Morgan fingerprint density at radius 2 is 2.17 bits per heavy atom. The van der Waals surface area contributed by atoms with Gasteiger partial charge in [0.2, 0.25) is 5.69 Å². The van der Waals surface area contributed by atoms with E-state index in [9.17, 15) is 20.0 Å². The average Bonchev–Trinajstić information content (AvgIpc) is 3.39. The number of carbonyl (C=O) groups is 1. The fourth-order valence-corrected chi connectivity index (χ4v) is 4.43. The first-order chi connectivity index (χ1) is 14.0.